The Labute approximate surface area is 202 Å². The normalized spacial score (nSPS) is 22.0. The Morgan fingerprint density at radius 2 is 1.94 bits per heavy atom. The number of imidazole rings is 1. The van der Waals surface area contributed by atoms with Gasteiger partial charge in [0.2, 0.25) is 17.8 Å². The maximum Gasteiger partial charge on any atom is 0.229 e. The lowest BCUT2D eigenvalue weighted by Gasteiger charge is -2.30. The molecule has 3 aromatic rings. The van der Waals surface area contributed by atoms with E-state index in [0.29, 0.717) is 28.7 Å². The molecule has 0 aliphatic heterocycles. The number of hydrogen-bond acceptors (Lipinski definition) is 7. The van der Waals surface area contributed by atoms with Crippen LogP contribution in [-0.2, 0) is 4.79 Å². The number of allylic oxidation sites excluding steroid dienone is 1. The summed E-state index contributed by atoms with van der Waals surface area (Å²) in [4.78, 5) is 25.4. The van der Waals surface area contributed by atoms with E-state index in [2.05, 4.69) is 20.9 Å². The van der Waals surface area contributed by atoms with Crippen molar-refractivity contribution < 1.29 is 9.18 Å². The molecule has 9 nitrogen and oxygen atoms in total. The molecule has 0 saturated heterocycles. The van der Waals surface area contributed by atoms with Crippen LogP contribution in [-0.4, -0.2) is 37.5 Å². The second-order valence-electron chi connectivity index (χ2n) is 9.06. The second-order valence-corrected chi connectivity index (χ2v) is 9.06. The van der Waals surface area contributed by atoms with Gasteiger partial charge >= 0.3 is 0 Å². The summed E-state index contributed by atoms with van der Waals surface area (Å²) in [5.74, 6) is 0.596. The van der Waals surface area contributed by atoms with Gasteiger partial charge in [0, 0.05) is 30.7 Å². The molecule has 0 radical (unpaired) electrons. The van der Waals surface area contributed by atoms with Gasteiger partial charge in [0.25, 0.3) is 0 Å². The smallest absolute Gasteiger partial charge is 0.229 e. The highest BCUT2D eigenvalue weighted by Crippen LogP contribution is 2.35. The topological polar surface area (TPSA) is 123 Å². The zero-order chi connectivity index (χ0) is 24.4. The third-order valence-corrected chi connectivity index (χ3v) is 6.41. The molecule has 5 rings (SSSR count). The SMILES string of the molecule is CC(=O)N[C@H]1CC[C@H](n2c(Nc3ccccc3F)nc3cnc(NC4=CC[C@@H](N)C=C4)nc32)CC1. The molecule has 5 N–H and O–H groups in total. The number of nitrogens with one attached hydrogen (secondary N) is 3. The molecule has 1 saturated carbocycles. The highest BCUT2D eigenvalue weighted by molar-refractivity contribution is 5.77. The van der Waals surface area contributed by atoms with Crippen LogP contribution in [0.5, 0.6) is 0 Å². The molecule has 10 heteroatoms. The first-order valence-electron chi connectivity index (χ1n) is 11.9. The lowest BCUT2D eigenvalue weighted by atomic mass is 9.91. The van der Waals surface area contributed by atoms with Crippen molar-refractivity contribution in [3.63, 3.8) is 0 Å². The van der Waals surface area contributed by atoms with Crippen LogP contribution in [0.4, 0.5) is 22.0 Å². The quantitative estimate of drug-likeness (QED) is 0.425. The van der Waals surface area contributed by atoms with E-state index >= 15 is 0 Å². The number of hydrogen-bond donors (Lipinski definition) is 4. The molecular formula is C25H29FN8O. The summed E-state index contributed by atoms with van der Waals surface area (Å²) in [6.07, 6.45) is 11.7. The Balaban J connectivity index is 1.48. The Kier molecular flexibility index (Phi) is 6.45. The summed E-state index contributed by atoms with van der Waals surface area (Å²) in [5.41, 5.74) is 8.44. The van der Waals surface area contributed by atoms with Gasteiger partial charge < -0.3 is 21.7 Å². The van der Waals surface area contributed by atoms with Crippen LogP contribution in [0.3, 0.4) is 0 Å². The van der Waals surface area contributed by atoms with Crippen LogP contribution in [0.2, 0.25) is 0 Å². The number of para-hydroxylation sites is 1. The summed E-state index contributed by atoms with van der Waals surface area (Å²) in [7, 11) is 0. The van der Waals surface area contributed by atoms with Crippen LogP contribution in [0.25, 0.3) is 11.2 Å². The van der Waals surface area contributed by atoms with Crippen molar-refractivity contribution in [2.24, 2.45) is 5.73 Å². The summed E-state index contributed by atoms with van der Waals surface area (Å²) in [6, 6.07) is 6.78. The van der Waals surface area contributed by atoms with Crippen LogP contribution >= 0.6 is 0 Å². The Morgan fingerprint density at radius 1 is 1.14 bits per heavy atom. The van der Waals surface area contributed by atoms with E-state index in [4.69, 9.17) is 15.7 Å². The van der Waals surface area contributed by atoms with Gasteiger partial charge in [-0.15, -0.1) is 0 Å². The van der Waals surface area contributed by atoms with Crippen molar-refractivity contribution in [2.45, 2.75) is 57.2 Å². The summed E-state index contributed by atoms with van der Waals surface area (Å²) in [6.45, 7) is 1.54. The van der Waals surface area contributed by atoms with Crippen LogP contribution in [0.1, 0.15) is 45.1 Å². The first-order chi connectivity index (χ1) is 17.0. The molecule has 1 amide bonds. The number of carbonyl (C=O) groups is 1. The van der Waals surface area contributed by atoms with Crippen LogP contribution in [0.15, 0.2) is 54.4 Å². The fraction of sp³-hybridized carbons (Fsp3) is 0.360. The number of rotatable bonds is 6. The third kappa shape index (κ3) is 5.17. The number of fused-ring (bicyclic) bond motifs is 1. The van der Waals surface area contributed by atoms with E-state index in [9.17, 15) is 9.18 Å². The fourth-order valence-corrected chi connectivity index (χ4v) is 4.69. The van der Waals surface area contributed by atoms with Gasteiger partial charge in [-0.3, -0.25) is 9.36 Å². The minimum Gasteiger partial charge on any atom is -0.354 e. The zero-order valence-electron chi connectivity index (χ0n) is 19.5. The summed E-state index contributed by atoms with van der Waals surface area (Å²) < 4.78 is 16.5. The monoisotopic (exact) mass is 476 g/mol. The lowest BCUT2D eigenvalue weighted by molar-refractivity contribution is -0.119. The molecule has 1 atom stereocenters. The van der Waals surface area contributed by atoms with E-state index in [1.54, 1.807) is 31.3 Å². The van der Waals surface area contributed by atoms with E-state index in [1.165, 1.54) is 6.07 Å². The van der Waals surface area contributed by atoms with Crippen molar-refractivity contribution in [3.05, 3.63) is 60.2 Å². The number of carbonyl (C=O) groups excluding carboxylic acids is 1. The molecule has 1 fully saturated rings. The van der Waals surface area contributed by atoms with E-state index in [1.807, 2.05) is 22.8 Å². The van der Waals surface area contributed by atoms with Gasteiger partial charge in [0.15, 0.2) is 5.65 Å². The third-order valence-electron chi connectivity index (χ3n) is 6.41. The van der Waals surface area contributed by atoms with Crippen molar-refractivity contribution >= 4 is 34.7 Å². The average Bonchev–Trinajstić information content (AvgIpc) is 3.19. The van der Waals surface area contributed by atoms with Crippen LogP contribution < -0.4 is 21.7 Å². The second kappa shape index (κ2) is 9.83. The summed E-state index contributed by atoms with van der Waals surface area (Å²) >= 11 is 0. The molecule has 182 valence electrons. The highest BCUT2D eigenvalue weighted by atomic mass is 19.1. The molecule has 2 aliphatic carbocycles. The first-order valence-corrected chi connectivity index (χ1v) is 11.9. The average molecular weight is 477 g/mol. The Bertz CT molecular complexity index is 1290. The van der Waals surface area contributed by atoms with Gasteiger partial charge in [-0.25, -0.2) is 14.4 Å². The Morgan fingerprint density at radius 3 is 2.66 bits per heavy atom. The molecule has 2 aliphatic rings. The van der Waals surface area contributed by atoms with Crippen molar-refractivity contribution in [3.8, 4) is 0 Å². The van der Waals surface area contributed by atoms with Gasteiger partial charge in [-0.05, 0) is 50.3 Å². The van der Waals surface area contributed by atoms with Gasteiger partial charge in [-0.1, -0.05) is 24.3 Å². The first kappa shape index (κ1) is 23.0. The number of benzene rings is 1. The van der Waals surface area contributed by atoms with Gasteiger partial charge in [0.05, 0.1) is 11.9 Å². The standard InChI is InChI=1S/C25H29FN8O/c1-15(35)29-17-10-12-19(13-11-17)34-23-22(32-25(34)31-21-5-3-2-4-20(21)26)14-28-24(33-23)30-18-8-6-16(27)7-9-18/h2-6,8-9,14,16-17,19H,7,10-13,27H2,1H3,(H,29,35)(H,31,32)(H,28,30,33)/t16-,17-,19-/m0/s1. The number of amides is 1. The molecule has 1 aromatic carbocycles. The predicted molar refractivity (Wildman–Crippen MR) is 134 cm³/mol. The van der Waals surface area contributed by atoms with E-state index < -0.39 is 0 Å². The van der Waals surface area contributed by atoms with E-state index in [0.717, 1.165) is 37.8 Å². The van der Waals surface area contributed by atoms with Gasteiger partial charge in [0.1, 0.15) is 11.3 Å². The van der Waals surface area contributed by atoms with Crippen molar-refractivity contribution in [2.75, 3.05) is 10.6 Å². The molecule has 35 heavy (non-hydrogen) atoms. The lowest BCUT2D eigenvalue weighted by Crippen LogP contribution is -2.36. The molecule has 0 spiro atoms. The van der Waals surface area contributed by atoms with Crippen molar-refractivity contribution in [1.29, 1.82) is 0 Å². The zero-order valence-corrected chi connectivity index (χ0v) is 19.5. The van der Waals surface area contributed by atoms with Crippen molar-refractivity contribution in [1.82, 2.24) is 24.8 Å². The van der Waals surface area contributed by atoms with Gasteiger partial charge in [-0.2, -0.15) is 4.98 Å². The molecular weight excluding hydrogens is 447 g/mol. The van der Waals surface area contributed by atoms with E-state index in [-0.39, 0.29) is 29.8 Å². The molecule has 0 unspecified atom stereocenters. The maximum absolute atomic E-state index is 14.4. The maximum atomic E-state index is 14.4. The molecule has 2 aromatic heterocycles. The highest BCUT2D eigenvalue weighted by Gasteiger charge is 2.27. The molecule has 0 bridgehead atoms. The molecule has 2 heterocycles. The number of nitrogens with zero attached hydrogens (tertiary/aromatic N) is 4. The number of aromatic nitrogens is 4. The minimum atomic E-state index is -0.358. The number of halogens is 1. The number of nitrogens with two attached hydrogens (primary N) is 1. The fourth-order valence-electron chi connectivity index (χ4n) is 4.69. The van der Waals surface area contributed by atoms with Crippen LogP contribution in [0, 0.1) is 5.82 Å². The Hall–Kier alpha value is -3.79. The summed E-state index contributed by atoms with van der Waals surface area (Å²) in [5, 5.41) is 9.43. The number of anilines is 3. The largest absolute Gasteiger partial charge is 0.354 e. The minimum absolute atomic E-state index is 0.0149. The predicted octanol–water partition coefficient (Wildman–Crippen LogP) is 3.91.